The van der Waals surface area contributed by atoms with Crippen LogP contribution in [0, 0.1) is 11.8 Å². The molecule has 0 spiro atoms. The SMILES string of the molecule is C(#Cc1cccc2ccccc12)C1=CC=CC1. The Morgan fingerprint density at radius 3 is 2.65 bits per heavy atom. The van der Waals surface area contributed by atoms with Crippen LogP contribution in [0.4, 0.5) is 0 Å². The van der Waals surface area contributed by atoms with Gasteiger partial charge in [0.25, 0.3) is 0 Å². The van der Waals surface area contributed by atoms with Crippen LogP contribution in [0.25, 0.3) is 10.8 Å². The van der Waals surface area contributed by atoms with Crippen molar-refractivity contribution in [2.75, 3.05) is 0 Å². The third-order valence-electron chi connectivity index (χ3n) is 2.92. The van der Waals surface area contributed by atoms with E-state index in [1.54, 1.807) is 0 Å². The van der Waals surface area contributed by atoms with Crippen molar-refractivity contribution in [3.63, 3.8) is 0 Å². The zero-order valence-electron chi connectivity index (χ0n) is 9.48. The number of hydrogen-bond acceptors (Lipinski definition) is 0. The minimum Gasteiger partial charge on any atom is -0.0794 e. The molecule has 0 saturated carbocycles. The summed E-state index contributed by atoms with van der Waals surface area (Å²) < 4.78 is 0. The third kappa shape index (κ3) is 2.00. The minimum atomic E-state index is 0.970. The highest BCUT2D eigenvalue weighted by Crippen LogP contribution is 2.18. The number of hydrogen-bond donors (Lipinski definition) is 0. The summed E-state index contributed by atoms with van der Waals surface area (Å²) in [6.45, 7) is 0. The lowest BCUT2D eigenvalue weighted by atomic mass is 10.0. The molecule has 3 rings (SSSR count). The summed E-state index contributed by atoms with van der Waals surface area (Å²) in [5, 5.41) is 2.48. The van der Waals surface area contributed by atoms with E-state index in [1.165, 1.54) is 16.3 Å². The molecule has 1 aliphatic carbocycles. The Morgan fingerprint density at radius 1 is 0.882 bits per heavy atom. The molecule has 0 saturated heterocycles. The molecule has 2 aromatic carbocycles. The minimum absolute atomic E-state index is 0.970. The van der Waals surface area contributed by atoms with Crippen LogP contribution in [0.5, 0.6) is 0 Å². The molecule has 0 fully saturated rings. The van der Waals surface area contributed by atoms with Gasteiger partial charge in [-0.15, -0.1) is 0 Å². The highest BCUT2D eigenvalue weighted by molar-refractivity contribution is 5.88. The van der Waals surface area contributed by atoms with E-state index in [9.17, 15) is 0 Å². The van der Waals surface area contributed by atoms with Crippen molar-refractivity contribution in [2.45, 2.75) is 6.42 Å². The van der Waals surface area contributed by atoms with Crippen LogP contribution in [0.3, 0.4) is 0 Å². The van der Waals surface area contributed by atoms with Crippen molar-refractivity contribution in [1.29, 1.82) is 0 Å². The summed E-state index contributed by atoms with van der Waals surface area (Å²) in [6.07, 6.45) is 7.25. The molecule has 0 aliphatic heterocycles. The van der Waals surface area contributed by atoms with Crippen molar-refractivity contribution in [3.8, 4) is 11.8 Å². The first-order chi connectivity index (χ1) is 8.43. The lowest BCUT2D eigenvalue weighted by molar-refractivity contribution is 1.36. The Kier molecular flexibility index (Phi) is 2.52. The Hall–Kier alpha value is -2.26. The van der Waals surface area contributed by atoms with E-state index >= 15 is 0 Å². The van der Waals surface area contributed by atoms with Crippen LogP contribution in [0.15, 0.2) is 66.3 Å². The van der Waals surface area contributed by atoms with Gasteiger partial charge in [0.2, 0.25) is 0 Å². The summed E-state index contributed by atoms with van der Waals surface area (Å²) in [5.41, 5.74) is 2.30. The number of rotatable bonds is 0. The van der Waals surface area contributed by atoms with Crippen LogP contribution >= 0.6 is 0 Å². The van der Waals surface area contributed by atoms with Gasteiger partial charge in [0.1, 0.15) is 0 Å². The standard InChI is InChI=1S/C17H12/c1-2-7-14(6-1)12-13-16-10-5-9-15-8-3-4-11-17(15)16/h1-6,8-11H,7H2. The maximum Gasteiger partial charge on any atom is 0.0327 e. The van der Waals surface area contributed by atoms with Crippen molar-refractivity contribution < 1.29 is 0 Å². The summed E-state index contributed by atoms with van der Waals surface area (Å²) in [7, 11) is 0. The molecule has 0 heterocycles. The number of fused-ring (bicyclic) bond motifs is 1. The molecule has 0 nitrogen and oxygen atoms in total. The molecule has 0 heteroatoms. The van der Waals surface area contributed by atoms with Crippen LogP contribution in [-0.4, -0.2) is 0 Å². The van der Waals surface area contributed by atoms with Gasteiger partial charge in [-0.2, -0.15) is 0 Å². The van der Waals surface area contributed by atoms with Gasteiger partial charge in [0, 0.05) is 11.1 Å². The summed E-state index contributed by atoms with van der Waals surface area (Å²) in [6, 6.07) is 14.6. The normalized spacial score (nSPS) is 13.3. The smallest absolute Gasteiger partial charge is 0.0327 e. The van der Waals surface area contributed by atoms with Crippen molar-refractivity contribution in [2.24, 2.45) is 0 Å². The molecule has 0 amide bonds. The van der Waals surface area contributed by atoms with Gasteiger partial charge in [-0.25, -0.2) is 0 Å². The molecular formula is C17H12. The highest BCUT2D eigenvalue weighted by Gasteiger charge is 1.97. The fourth-order valence-corrected chi connectivity index (χ4v) is 2.02. The monoisotopic (exact) mass is 216 g/mol. The summed E-state index contributed by atoms with van der Waals surface area (Å²) >= 11 is 0. The number of benzene rings is 2. The predicted molar refractivity (Wildman–Crippen MR) is 72.7 cm³/mol. The predicted octanol–water partition coefficient (Wildman–Crippen LogP) is 4.08. The zero-order chi connectivity index (χ0) is 11.5. The molecule has 0 atom stereocenters. The van der Waals surface area contributed by atoms with Crippen LogP contribution in [-0.2, 0) is 0 Å². The second-order valence-electron chi connectivity index (χ2n) is 4.10. The molecular weight excluding hydrogens is 204 g/mol. The van der Waals surface area contributed by atoms with Crippen LogP contribution in [0.2, 0.25) is 0 Å². The fraction of sp³-hybridized carbons (Fsp3) is 0.0588. The maximum atomic E-state index is 3.27. The highest BCUT2D eigenvalue weighted by atomic mass is 14.0. The zero-order valence-corrected chi connectivity index (χ0v) is 9.48. The van der Waals surface area contributed by atoms with Crippen molar-refractivity contribution in [3.05, 3.63) is 71.8 Å². The molecule has 0 unspecified atom stereocenters. The molecule has 0 bridgehead atoms. The Morgan fingerprint density at radius 2 is 1.76 bits per heavy atom. The van der Waals surface area contributed by atoms with Gasteiger partial charge in [-0.1, -0.05) is 66.5 Å². The quantitative estimate of drug-likeness (QED) is 0.582. The molecule has 80 valence electrons. The number of allylic oxidation sites excluding steroid dienone is 4. The largest absolute Gasteiger partial charge is 0.0794 e. The van der Waals surface area contributed by atoms with E-state index in [0.29, 0.717) is 0 Å². The van der Waals surface area contributed by atoms with Gasteiger partial charge in [-0.3, -0.25) is 0 Å². The van der Waals surface area contributed by atoms with E-state index in [4.69, 9.17) is 0 Å². The van der Waals surface area contributed by atoms with Gasteiger partial charge < -0.3 is 0 Å². The van der Waals surface area contributed by atoms with Gasteiger partial charge in [-0.05, 0) is 23.3 Å². The van der Waals surface area contributed by atoms with E-state index in [0.717, 1.165) is 12.0 Å². The van der Waals surface area contributed by atoms with E-state index in [1.807, 2.05) is 0 Å². The van der Waals surface area contributed by atoms with E-state index < -0.39 is 0 Å². The summed E-state index contributed by atoms with van der Waals surface area (Å²) in [5.74, 6) is 6.51. The molecule has 1 aliphatic rings. The average molecular weight is 216 g/mol. The molecule has 0 aromatic heterocycles. The lowest BCUT2D eigenvalue weighted by Gasteiger charge is -1.99. The second kappa shape index (κ2) is 4.31. The van der Waals surface area contributed by atoms with Gasteiger partial charge >= 0.3 is 0 Å². The lowest BCUT2D eigenvalue weighted by Crippen LogP contribution is -1.79. The average Bonchev–Trinajstić information content (AvgIpc) is 2.89. The van der Waals surface area contributed by atoms with Crippen molar-refractivity contribution in [1.82, 2.24) is 0 Å². The molecule has 2 aromatic rings. The van der Waals surface area contributed by atoms with Crippen molar-refractivity contribution >= 4 is 10.8 Å². The first-order valence-corrected chi connectivity index (χ1v) is 5.79. The fourth-order valence-electron chi connectivity index (χ4n) is 2.02. The molecule has 0 N–H and O–H groups in total. The first kappa shape index (κ1) is 9.93. The second-order valence-corrected chi connectivity index (χ2v) is 4.10. The first-order valence-electron chi connectivity index (χ1n) is 5.79. The molecule has 17 heavy (non-hydrogen) atoms. The van der Waals surface area contributed by atoms with E-state index in [2.05, 4.69) is 72.5 Å². The van der Waals surface area contributed by atoms with Gasteiger partial charge in [0.15, 0.2) is 0 Å². The summed E-state index contributed by atoms with van der Waals surface area (Å²) in [4.78, 5) is 0. The Labute approximate surface area is 101 Å². The molecule has 0 radical (unpaired) electrons. The maximum absolute atomic E-state index is 3.27. The third-order valence-corrected chi connectivity index (χ3v) is 2.92. The van der Waals surface area contributed by atoms with Crippen LogP contribution < -0.4 is 0 Å². The van der Waals surface area contributed by atoms with Crippen LogP contribution in [0.1, 0.15) is 12.0 Å². The topological polar surface area (TPSA) is 0 Å². The Balaban J connectivity index is 2.06. The van der Waals surface area contributed by atoms with E-state index in [-0.39, 0.29) is 0 Å². The Bertz CT molecular complexity index is 670. The van der Waals surface area contributed by atoms with Gasteiger partial charge in [0.05, 0.1) is 0 Å².